The normalized spacial score (nSPS) is 18.0. The van der Waals surface area contributed by atoms with Crippen LogP contribution in [0, 0.1) is 6.92 Å². The van der Waals surface area contributed by atoms with E-state index in [0.717, 1.165) is 37.1 Å². The summed E-state index contributed by atoms with van der Waals surface area (Å²) in [6.07, 6.45) is -7.08. The van der Waals surface area contributed by atoms with Gasteiger partial charge in [0.1, 0.15) is 10.5 Å². The first kappa shape index (κ1) is 32.8. The maximum absolute atomic E-state index is 13.3. The van der Waals surface area contributed by atoms with Crippen molar-refractivity contribution in [1.29, 1.82) is 0 Å². The van der Waals surface area contributed by atoms with E-state index < -0.39 is 39.9 Å². The van der Waals surface area contributed by atoms with Crippen molar-refractivity contribution in [2.45, 2.75) is 49.2 Å². The fourth-order valence-electron chi connectivity index (χ4n) is 3.61. The van der Waals surface area contributed by atoms with E-state index in [0.29, 0.717) is 13.1 Å². The Labute approximate surface area is 224 Å². The fourth-order valence-corrected chi connectivity index (χ4v) is 5.18. The Morgan fingerprint density at radius 1 is 1.00 bits per heavy atom. The van der Waals surface area contributed by atoms with Gasteiger partial charge in [-0.15, -0.1) is 0 Å². The van der Waals surface area contributed by atoms with E-state index in [1.807, 2.05) is 31.2 Å². The second-order valence-electron chi connectivity index (χ2n) is 8.71. The van der Waals surface area contributed by atoms with E-state index in [1.54, 1.807) is 22.6 Å². The molecule has 2 aromatic rings. The summed E-state index contributed by atoms with van der Waals surface area (Å²) in [5, 5.41) is 17.6. The molecule has 2 aliphatic heterocycles. The Balaban J connectivity index is 0.000000333. The monoisotopic (exact) mass is 601 g/mol. The highest BCUT2D eigenvalue weighted by Crippen LogP contribution is 2.37. The molecule has 3 N–H and O–H groups in total. The lowest BCUT2D eigenvalue weighted by Gasteiger charge is -2.38. The summed E-state index contributed by atoms with van der Waals surface area (Å²) in [5.74, 6) is -5.29. The zero-order valence-electron chi connectivity index (χ0n) is 20.8. The lowest BCUT2D eigenvalue weighted by molar-refractivity contribution is -0.193. The summed E-state index contributed by atoms with van der Waals surface area (Å²) < 4.78 is 97.9. The van der Waals surface area contributed by atoms with Gasteiger partial charge in [0.25, 0.3) is 0 Å². The number of carbonyl (C=O) groups is 2. The molecule has 222 valence electrons. The van der Waals surface area contributed by atoms with Crippen molar-refractivity contribution in [3.05, 3.63) is 53.7 Å². The Bertz CT molecular complexity index is 1260. The van der Waals surface area contributed by atoms with Crippen molar-refractivity contribution in [3.63, 3.8) is 0 Å². The number of benzene rings is 1. The molecule has 3 heterocycles. The van der Waals surface area contributed by atoms with Crippen molar-refractivity contribution in [2.24, 2.45) is 0 Å². The van der Waals surface area contributed by atoms with Crippen molar-refractivity contribution in [3.8, 4) is 5.88 Å². The van der Waals surface area contributed by atoms with Crippen molar-refractivity contribution >= 4 is 22.0 Å². The minimum atomic E-state index is -5.08. The molecule has 1 aromatic carbocycles. The van der Waals surface area contributed by atoms with Crippen molar-refractivity contribution in [1.82, 2.24) is 14.6 Å². The molecule has 17 heteroatoms. The quantitative estimate of drug-likeness (QED) is 0.441. The van der Waals surface area contributed by atoms with E-state index in [2.05, 4.69) is 10.3 Å². The number of nitrogens with one attached hydrogen (secondary N) is 1. The van der Waals surface area contributed by atoms with Crippen LogP contribution in [0.2, 0.25) is 0 Å². The number of aryl methyl sites for hydroxylation is 1. The number of carboxylic acids is 2. The van der Waals surface area contributed by atoms with Crippen LogP contribution in [-0.2, 0) is 26.2 Å². The van der Waals surface area contributed by atoms with Crippen LogP contribution in [0.3, 0.4) is 0 Å². The third-order valence-electron chi connectivity index (χ3n) is 5.61. The molecule has 1 fully saturated rings. The van der Waals surface area contributed by atoms with Gasteiger partial charge >= 0.3 is 24.3 Å². The van der Waals surface area contributed by atoms with Crippen molar-refractivity contribution < 1.29 is 59.3 Å². The van der Waals surface area contributed by atoms with Gasteiger partial charge in [-0.05, 0) is 37.7 Å². The molecule has 1 aromatic heterocycles. The number of nitrogens with zero attached hydrogens (tertiary/aromatic N) is 2. The van der Waals surface area contributed by atoms with Gasteiger partial charge in [-0.1, -0.05) is 29.8 Å². The third kappa shape index (κ3) is 9.06. The number of piperidine rings is 1. The second-order valence-corrected chi connectivity index (χ2v) is 10.6. The average Bonchev–Trinajstić information content (AvgIpc) is 2.93. The Morgan fingerprint density at radius 3 is 1.98 bits per heavy atom. The fraction of sp³-hybridized carbons (Fsp3) is 0.435. The van der Waals surface area contributed by atoms with E-state index in [-0.39, 0.29) is 10.8 Å². The standard InChI is InChI=1S/C19H23N3O3S.2C2HF3O2/c1-15-4-6-16(7-5-15)13-22-14-19(8-11-20-12-9-19)25-18-17(26(22,23)24)3-2-10-21-18;2*3-2(4,5)1(6)7/h2-7,10,20H,8-9,11-14H2,1H3;2*(H,6,7). The first-order chi connectivity index (χ1) is 18.4. The Morgan fingerprint density at radius 2 is 1.50 bits per heavy atom. The Kier molecular flexibility index (Phi) is 10.5. The van der Waals surface area contributed by atoms with E-state index in [4.69, 9.17) is 24.5 Å². The molecule has 0 amide bonds. The highest BCUT2D eigenvalue weighted by Gasteiger charge is 2.45. The van der Waals surface area contributed by atoms with Gasteiger partial charge in [0.2, 0.25) is 15.9 Å². The number of alkyl halides is 6. The molecule has 0 aliphatic carbocycles. The largest absolute Gasteiger partial charge is 0.490 e. The van der Waals surface area contributed by atoms with Crippen LogP contribution in [0.5, 0.6) is 5.88 Å². The van der Waals surface area contributed by atoms with Crippen molar-refractivity contribution in [2.75, 3.05) is 19.6 Å². The molecule has 2 aliphatic rings. The number of aromatic nitrogens is 1. The molecule has 1 saturated heterocycles. The summed E-state index contributed by atoms with van der Waals surface area (Å²) in [7, 11) is -3.68. The Hall–Kier alpha value is -3.44. The maximum atomic E-state index is 13.3. The summed E-state index contributed by atoms with van der Waals surface area (Å²) in [6.45, 7) is 4.30. The van der Waals surface area contributed by atoms with Crippen LogP contribution in [0.4, 0.5) is 26.3 Å². The highest BCUT2D eigenvalue weighted by molar-refractivity contribution is 7.89. The predicted molar refractivity (Wildman–Crippen MR) is 126 cm³/mol. The molecule has 0 saturated carbocycles. The molecule has 10 nitrogen and oxygen atoms in total. The smallest absolute Gasteiger partial charge is 0.475 e. The lowest BCUT2D eigenvalue weighted by Crippen LogP contribution is -2.53. The third-order valence-corrected chi connectivity index (χ3v) is 7.42. The van der Waals surface area contributed by atoms with Crippen LogP contribution in [-0.4, -0.2) is 77.4 Å². The minimum Gasteiger partial charge on any atom is -0.475 e. The number of halogens is 6. The number of aliphatic carboxylic acids is 2. The number of sulfonamides is 1. The molecular weight excluding hydrogens is 576 g/mol. The second kappa shape index (κ2) is 12.8. The minimum absolute atomic E-state index is 0.155. The van der Waals surface area contributed by atoms with Crippen LogP contribution >= 0.6 is 0 Å². The van der Waals surface area contributed by atoms with Gasteiger partial charge < -0.3 is 20.3 Å². The van der Waals surface area contributed by atoms with E-state index in [9.17, 15) is 34.8 Å². The number of hydrogen-bond acceptors (Lipinski definition) is 7. The van der Waals surface area contributed by atoms with E-state index >= 15 is 0 Å². The topological polar surface area (TPSA) is 146 Å². The lowest BCUT2D eigenvalue weighted by atomic mass is 9.92. The molecular formula is C23H25F6N3O7S. The summed E-state index contributed by atoms with van der Waals surface area (Å²) >= 11 is 0. The summed E-state index contributed by atoms with van der Waals surface area (Å²) in [4.78, 5) is 22.2. The molecule has 1 spiro atoms. The highest BCUT2D eigenvalue weighted by atomic mass is 32.2. The molecule has 4 rings (SSSR count). The van der Waals surface area contributed by atoms with Gasteiger partial charge in [-0.3, -0.25) is 0 Å². The van der Waals surface area contributed by atoms with Crippen LogP contribution in [0.15, 0.2) is 47.5 Å². The van der Waals surface area contributed by atoms with Gasteiger partial charge in [0.05, 0.1) is 6.54 Å². The number of fused-ring (bicyclic) bond motifs is 1. The van der Waals surface area contributed by atoms with Crippen LogP contribution in [0.25, 0.3) is 0 Å². The summed E-state index contributed by atoms with van der Waals surface area (Å²) in [6, 6.07) is 11.2. The number of hydrogen-bond donors (Lipinski definition) is 3. The molecule has 0 bridgehead atoms. The van der Waals surface area contributed by atoms with Gasteiger partial charge in [0, 0.05) is 25.6 Å². The first-order valence-corrected chi connectivity index (χ1v) is 12.8. The number of pyridine rings is 1. The molecule has 0 atom stereocenters. The van der Waals surface area contributed by atoms with Gasteiger partial charge in [-0.2, -0.15) is 30.6 Å². The zero-order valence-corrected chi connectivity index (χ0v) is 21.6. The maximum Gasteiger partial charge on any atom is 0.490 e. The zero-order chi connectivity index (χ0) is 30.4. The summed E-state index contributed by atoms with van der Waals surface area (Å²) in [5.41, 5.74) is 1.58. The van der Waals surface area contributed by atoms with E-state index in [1.165, 1.54) is 0 Å². The van der Waals surface area contributed by atoms with Crippen LogP contribution < -0.4 is 10.1 Å². The average molecular weight is 602 g/mol. The van der Waals surface area contributed by atoms with Crippen LogP contribution in [0.1, 0.15) is 24.0 Å². The SMILES string of the molecule is Cc1ccc(CN2CC3(CCNCC3)Oc3ncccc3S2(=O)=O)cc1.O=C(O)C(F)(F)F.O=C(O)C(F)(F)F. The van der Waals surface area contributed by atoms with Gasteiger partial charge in [0.15, 0.2) is 0 Å². The number of ether oxygens (including phenoxy) is 1. The molecule has 0 unspecified atom stereocenters. The van der Waals surface area contributed by atoms with Gasteiger partial charge in [-0.25, -0.2) is 23.0 Å². The first-order valence-electron chi connectivity index (χ1n) is 11.4. The number of rotatable bonds is 2. The molecule has 0 radical (unpaired) electrons. The predicted octanol–water partition coefficient (Wildman–Crippen LogP) is 3.36. The molecule has 40 heavy (non-hydrogen) atoms. The number of carboxylic acid groups (broad SMARTS) is 2.